The van der Waals surface area contributed by atoms with E-state index >= 15 is 0 Å². The maximum Gasteiger partial charge on any atom is 0.258 e. The zero-order chi connectivity index (χ0) is 13.8. The van der Waals surface area contributed by atoms with Gasteiger partial charge < -0.3 is 10.6 Å². The van der Waals surface area contributed by atoms with Crippen molar-refractivity contribution in [1.29, 1.82) is 0 Å². The van der Waals surface area contributed by atoms with E-state index in [-0.39, 0.29) is 5.91 Å². The van der Waals surface area contributed by atoms with Crippen LogP contribution >= 0.6 is 0 Å². The van der Waals surface area contributed by atoms with Crippen molar-refractivity contribution >= 4 is 17.3 Å². The molecule has 19 heavy (non-hydrogen) atoms. The van der Waals surface area contributed by atoms with Crippen molar-refractivity contribution in [1.82, 2.24) is 0 Å². The fourth-order valence-electron chi connectivity index (χ4n) is 1.94. The summed E-state index contributed by atoms with van der Waals surface area (Å²) in [5, 5.41) is 0. The van der Waals surface area contributed by atoms with Crippen molar-refractivity contribution in [2.24, 2.45) is 0 Å². The molecule has 1 amide bonds. The van der Waals surface area contributed by atoms with E-state index in [1.54, 1.807) is 36.2 Å². The minimum atomic E-state index is -0.0588. The van der Waals surface area contributed by atoms with Gasteiger partial charge in [-0.15, -0.1) is 0 Å². The van der Waals surface area contributed by atoms with Gasteiger partial charge in [0.25, 0.3) is 5.91 Å². The summed E-state index contributed by atoms with van der Waals surface area (Å²) in [5.41, 5.74) is 9.04. The summed E-state index contributed by atoms with van der Waals surface area (Å²) in [6.07, 6.45) is 0.993. The summed E-state index contributed by atoms with van der Waals surface area (Å²) in [6.45, 7) is 2.11. The molecule has 0 atom stereocenters. The van der Waals surface area contributed by atoms with E-state index in [4.69, 9.17) is 5.73 Å². The minimum absolute atomic E-state index is 0.0588. The summed E-state index contributed by atoms with van der Waals surface area (Å²) in [7, 11) is 1.77. The van der Waals surface area contributed by atoms with Gasteiger partial charge in [-0.3, -0.25) is 4.79 Å². The molecule has 0 spiro atoms. The molecule has 0 aliphatic rings. The molecule has 2 aromatic carbocycles. The predicted molar refractivity (Wildman–Crippen MR) is 79.4 cm³/mol. The first kappa shape index (κ1) is 13.1. The third-order valence-corrected chi connectivity index (χ3v) is 3.17. The van der Waals surface area contributed by atoms with Gasteiger partial charge in [0.05, 0.1) is 0 Å². The van der Waals surface area contributed by atoms with Crippen LogP contribution in [0.2, 0.25) is 0 Å². The van der Waals surface area contributed by atoms with Crippen LogP contribution in [0, 0.1) is 0 Å². The van der Waals surface area contributed by atoms with Crippen molar-refractivity contribution in [3.8, 4) is 0 Å². The maximum atomic E-state index is 12.3. The number of nitrogen functional groups attached to an aromatic ring is 1. The summed E-state index contributed by atoms with van der Waals surface area (Å²) in [4.78, 5) is 14.0. The Bertz CT molecular complexity index is 576. The highest BCUT2D eigenvalue weighted by Gasteiger charge is 2.13. The van der Waals surface area contributed by atoms with Gasteiger partial charge in [0.15, 0.2) is 0 Å². The number of rotatable bonds is 3. The molecule has 98 valence electrons. The lowest BCUT2D eigenvalue weighted by atomic mass is 10.1. The van der Waals surface area contributed by atoms with Gasteiger partial charge in [0.2, 0.25) is 0 Å². The molecule has 2 N–H and O–H groups in total. The van der Waals surface area contributed by atoms with Gasteiger partial charge in [0.1, 0.15) is 0 Å². The molecular formula is C16H18N2O. The smallest absolute Gasteiger partial charge is 0.258 e. The Hall–Kier alpha value is -2.29. The topological polar surface area (TPSA) is 46.3 Å². The number of nitrogens with two attached hydrogens (primary N) is 1. The van der Waals surface area contributed by atoms with Gasteiger partial charge in [-0.2, -0.15) is 0 Å². The van der Waals surface area contributed by atoms with Crippen LogP contribution in [0.5, 0.6) is 0 Å². The quantitative estimate of drug-likeness (QED) is 0.855. The van der Waals surface area contributed by atoms with Gasteiger partial charge in [0, 0.05) is 24.0 Å². The van der Waals surface area contributed by atoms with Crippen molar-refractivity contribution in [2.45, 2.75) is 13.3 Å². The fraction of sp³-hybridized carbons (Fsp3) is 0.188. The normalized spacial score (nSPS) is 10.2. The largest absolute Gasteiger partial charge is 0.399 e. The van der Waals surface area contributed by atoms with Crippen LogP contribution < -0.4 is 10.6 Å². The standard InChI is InChI=1S/C16H18N2O/c1-3-12-7-9-15(10-8-12)18(2)16(19)13-5-4-6-14(17)11-13/h4-11H,3,17H2,1-2H3. The van der Waals surface area contributed by atoms with Crippen molar-refractivity contribution in [3.05, 3.63) is 59.7 Å². The highest BCUT2D eigenvalue weighted by atomic mass is 16.2. The molecule has 3 nitrogen and oxygen atoms in total. The number of amides is 1. The number of carbonyl (C=O) groups excluding carboxylic acids is 1. The molecule has 0 bridgehead atoms. The van der Waals surface area contributed by atoms with E-state index in [0.29, 0.717) is 11.3 Å². The lowest BCUT2D eigenvalue weighted by Crippen LogP contribution is -2.26. The SMILES string of the molecule is CCc1ccc(N(C)C(=O)c2cccc(N)c2)cc1. The van der Waals surface area contributed by atoms with Crippen LogP contribution in [0.3, 0.4) is 0 Å². The highest BCUT2D eigenvalue weighted by Crippen LogP contribution is 2.17. The Morgan fingerprint density at radius 1 is 1.16 bits per heavy atom. The first-order valence-electron chi connectivity index (χ1n) is 6.34. The van der Waals surface area contributed by atoms with E-state index in [9.17, 15) is 4.79 Å². The van der Waals surface area contributed by atoms with Crippen molar-refractivity contribution in [3.63, 3.8) is 0 Å². The third kappa shape index (κ3) is 2.94. The zero-order valence-corrected chi connectivity index (χ0v) is 11.3. The van der Waals surface area contributed by atoms with Crippen LogP contribution in [0.25, 0.3) is 0 Å². The molecule has 0 unspecified atom stereocenters. The molecule has 0 saturated heterocycles. The number of hydrogen-bond acceptors (Lipinski definition) is 2. The zero-order valence-electron chi connectivity index (χ0n) is 11.3. The van der Waals surface area contributed by atoms with E-state index in [1.807, 2.05) is 24.3 Å². The number of nitrogens with zero attached hydrogens (tertiary/aromatic N) is 1. The summed E-state index contributed by atoms with van der Waals surface area (Å²) in [5.74, 6) is -0.0588. The van der Waals surface area contributed by atoms with Crippen LogP contribution in [0.4, 0.5) is 11.4 Å². The molecule has 0 aromatic heterocycles. The molecule has 0 radical (unpaired) electrons. The van der Waals surface area contributed by atoms with Gasteiger partial charge in [-0.05, 0) is 42.3 Å². The molecule has 0 aliphatic carbocycles. The average Bonchev–Trinajstić information content (AvgIpc) is 2.46. The number of hydrogen-bond donors (Lipinski definition) is 1. The number of aryl methyl sites for hydroxylation is 1. The average molecular weight is 254 g/mol. The Labute approximate surface area is 113 Å². The van der Waals surface area contributed by atoms with Crippen LogP contribution in [-0.2, 0) is 6.42 Å². The molecule has 0 heterocycles. The highest BCUT2D eigenvalue weighted by molar-refractivity contribution is 6.06. The first-order chi connectivity index (χ1) is 9.11. The molecule has 3 heteroatoms. The summed E-state index contributed by atoms with van der Waals surface area (Å²) >= 11 is 0. The molecule has 0 saturated carbocycles. The number of anilines is 2. The van der Waals surface area contributed by atoms with E-state index in [1.165, 1.54) is 5.56 Å². The third-order valence-electron chi connectivity index (χ3n) is 3.17. The first-order valence-corrected chi connectivity index (χ1v) is 6.34. The Kier molecular flexibility index (Phi) is 3.85. The van der Waals surface area contributed by atoms with Crippen LogP contribution in [-0.4, -0.2) is 13.0 Å². The lowest BCUT2D eigenvalue weighted by Gasteiger charge is -2.18. The molecule has 0 aliphatic heterocycles. The fourth-order valence-corrected chi connectivity index (χ4v) is 1.94. The van der Waals surface area contributed by atoms with E-state index in [0.717, 1.165) is 12.1 Å². The van der Waals surface area contributed by atoms with Crippen molar-refractivity contribution in [2.75, 3.05) is 17.7 Å². The minimum Gasteiger partial charge on any atom is -0.399 e. The second-order valence-electron chi connectivity index (χ2n) is 4.51. The Balaban J connectivity index is 2.23. The lowest BCUT2D eigenvalue weighted by molar-refractivity contribution is 0.0993. The second-order valence-corrected chi connectivity index (χ2v) is 4.51. The number of carbonyl (C=O) groups is 1. The number of benzene rings is 2. The molecule has 2 rings (SSSR count). The molecule has 0 fully saturated rings. The Morgan fingerprint density at radius 2 is 1.84 bits per heavy atom. The molecule has 2 aromatic rings. The van der Waals surface area contributed by atoms with E-state index < -0.39 is 0 Å². The van der Waals surface area contributed by atoms with Gasteiger partial charge in [-0.25, -0.2) is 0 Å². The van der Waals surface area contributed by atoms with Crippen LogP contribution in [0.15, 0.2) is 48.5 Å². The maximum absolute atomic E-state index is 12.3. The Morgan fingerprint density at radius 3 is 2.42 bits per heavy atom. The van der Waals surface area contributed by atoms with Crippen LogP contribution in [0.1, 0.15) is 22.8 Å². The van der Waals surface area contributed by atoms with Crippen molar-refractivity contribution < 1.29 is 4.79 Å². The summed E-state index contributed by atoms with van der Waals surface area (Å²) in [6, 6.07) is 15.0. The second kappa shape index (κ2) is 5.57. The van der Waals surface area contributed by atoms with E-state index in [2.05, 4.69) is 6.92 Å². The monoisotopic (exact) mass is 254 g/mol. The van der Waals surface area contributed by atoms with Gasteiger partial charge in [-0.1, -0.05) is 25.1 Å². The van der Waals surface area contributed by atoms with Gasteiger partial charge >= 0.3 is 0 Å². The molecular weight excluding hydrogens is 236 g/mol. The summed E-state index contributed by atoms with van der Waals surface area (Å²) < 4.78 is 0. The predicted octanol–water partition coefficient (Wildman–Crippen LogP) is 3.11.